The molecule has 1 aromatic heterocycles. The zero-order valence-electron chi connectivity index (χ0n) is 6.88. The summed E-state index contributed by atoms with van der Waals surface area (Å²) in [4.78, 5) is 11.3. The Kier molecular flexibility index (Phi) is 2.80. The third-order valence-electron chi connectivity index (χ3n) is 1.13. The minimum absolute atomic E-state index is 0.00741. The van der Waals surface area contributed by atoms with Gasteiger partial charge >= 0.3 is 0 Å². The van der Waals surface area contributed by atoms with Gasteiger partial charge in [0, 0.05) is 6.20 Å². The minimum Gasteiger partial charge on any atom is -0.370 e. The molecule has 0 fully saturated rings. The SMILES string of the molecule is NC(N)=NC(N)=Nc1cccnc1. The summed E-state index contributed by atoms with van der Waals surface area (Å²) < 4.78 is 0. The van der Waals surface area contributed by atoms with Crippen molar-refractivity contribution in [2.45, 2.75) is 0 Å². The van der Waals surface area contributed by atoms with Crippen LogP contribution in [0.2, 0.25) is 0 Å². The molecule has 0 spiro atoms. The Morgan fingerprint density at radius 1 is 1.31 bits per heavy atom. The highest BCUT2D eigenvalue weighted by Gasteiger charge is 1.90. The second kappa shape index (κ2) is 4.05. The number of nitrogens with two attached hydrogens (primary N) is 3. The quantitative estimate of drug-likeness (QED) is 0.389. The van der Waals surface area contributed by atoms with Crippen LogP contribution < -0.4 is 17.2 Å². The molecule has 1 heterocycles. The number of hydrogen-bond donors (Lipinski definition) is 3. The summed E-state index contributed by atoms with van der Waals surface area (Å²) in [6.45, 7) is 0. The molecule has 0 saturated heterocycles. The maximum absolute atomic E-state index is 5.38. The number of hydrogen-bond acceptors (Lipinski definition) is 2. The first-order valence-corrected chi connectivity index (χ1v) is 3.52. The molecule has 6 nitrogen and oxygen atoms in total. The monoisotopic (exact) mass is 178 g/mol. The van der Waals surface area contributed by atoms with Gasteiger partial charge in [-0.2, -0.15) is 4.99 Å². The summed E-state index contributed by atoms with van der Waals surface area (Å²) in [6.07, 6.45) is 3.19. The molecule has 0 unspecified atom stereocenters. The zero-order chi connectivity index (χ0) is 9.68. The van der Waals surface area contributed by atoms with Crippen molar-refractivity contribution in [3.8, 4) is 0 Å². The smallest absolute Gasteiger partial charge is 0.223 e. The van der Waals surface area contributed by atoms with Gasteiger partial charge in [0.1, 0.15) is 0 Å². The third kappa shape index (κ3) is 3.19. The van der Waals surface area contributed by atoms with Crippen molar-refractivity contribution in [3.63, 3.8) is 0 Å². The van der Waals surface area contributed by atoms with E-state index in [0.29, 0.717) is 5.69 Å². The van der Waals surface area contributed by atoms with E-state index in [-0.39, 0.29) is 11.9 Å². The van der Waals surface area contributed by atoms with Gasteiger partial charge in [-0.15, -0.1) is 0 Å². The van der Waals surface area contributed by atoms with Gasteiger partial charge in [0.2, 0.25) is 5.96 Å². The maximum atomic E-state index is 5.38. The van der Waals surface area contributed by atoms with Crippen molar-refractivity contribution in [1.29, 1.82) is 0 Å². The van der Waals surface area contributed by atoms with E-state index in [0.717, 1.165) is 0 Å². The first-order valence-electron chi connectivity index (χ1n) is 3.52. The van der Waals surface area contributed by atoms with Crippen LogP contribution in [0.5, 0.6) is 0 Å². The molecular weight excluding hydrogens is 168 g/mol. The van der Waals surface area contributed by atoms with Gasteiger partial charge in [0.05, 0.1) is 11.9 Å². The molecule has 1 rings (SSSR count). The average Bonchev–Trinajstić information content (AvgIpc) is 2.04. The highest BCUT2D eigenvalue weighted by atomic mass is 15.1. The van der Waals surface area contributed by atoms with Gasteiger partial charge in [0.25, 0.3) is 0 Å². The molecule has 0 saturated carbocycles. The number of rotatable bonds is 1. The summed E-state index contributed by atoms with van der Waals surface area (Å²) in [6, 6.07) is 3.48. The molecule has 0 aliphatic carbocycles. The molecule has 0 aromatic carbocycles. The predicted molar refractivity (Wildman–Crippen MR) is 51.3 cm³/mol. The number of guanidine groups is 2. The first kappa shape index (κ1) is 8.98. The Balaban J connectivity index is 2.83. The van der Waals surface area contributed by atoms with E-state index in [4.69, 9.17) is 17.2 Å². The van der Waals surface area contributed by atoms with Crippen molar-refractivity contribution in [2.75, 3.05) is 0 Å². The molecule has 0 radical (unpaired) electrons. The number of aromatic nitrogens is 1. The minimum atomic E-state index is -0.120. The fourth-order valence-electron chi connectivity index (χ4n) is 0.709. The molecule has 68 valence electrons. The summed E-state index contributed by atoms with van der Waals surface area (Å²) in [7, 11) is 0. The van der Waals surface area contributed by atoms with E-state index >= 15 is 0 Å². The van der Waals surface area contributed by atoms with Gasteiger partial charge < -0.3 is 17.2 Å². The molecule has 6 N–H and O–H groups in total. The van der Waals surface area contributed by atoms with Crippen molar-refractivity contribution < 1.29 is 0 Å². The molecule has 0 aliphatic heterocycles. The molecule has 13 heavy (non-hydrogen) atoms. The molecular formula is C7H10N6. The van der Waals surface area contributed by atoms with Gasteiger partial charge in [-0.1, -0.05) is 0 Å². The van der Waals surface area contributed by atoms with Crippen LogP contribution in [0.1, 0.15) is 0 Å². The Morgan fingerprint density at radius 2 is 2.08 bits per heavy atom. The standard InChI is InChI=1S/C7H10N6/c8-6(9)13-7(10)12-5-2-1-3-11-4-5/h1-4H,(H6,8,9,10,12,13). The lowest BCUT2D eigenvalue weighted by atomic mass is 10.4. The summed E-state index contributed by atoms with van der Waals surface area (Å²) in [5.41, 5.74) is 16.2. The summed E-state index contributed by atoms with van der Waals surface area (Å²) >= 11 is 0. The molecule has 6 heteroatoms. The Hall–Kier alpha value is -2.11. The lowest BCUT2D eigenvalue weighted by Gasteiger charge is -1.93. The van der Waals surface area contributed by atoms with Crippen molar-refractivity contribution in [1.82, 2.24) is 4.98 Å². The van der Waals surface area contributed by atoms with Crippen LogP contribution >= 0.6 is 0 Å². The Bertz CT molecular complexity index is 324. The lowest BCUT2D eigenvalue weighted by molar-refractivity contribution is 1.29. The second-order valence-corrected chi connectivity index (χ2v) is 2.22. The maximum Gasteiger partial charge on any atom is 0.223 e. The van der Waals surface area contributed by atoms with Gasteiger partial charge in [-0.3, -0.25) is 4.98 Å². The van der Waals surface area contributed by atoms with E-state index in [1.165, 1.54) is 0 Å². The van der Waals surface area contributed by atoms with Crippen LogP contribution in [0.4, 0.5) is 5.69 Å². The molecule has 0 atom stereocenters. The highest BCUT2D eigenvalue weighted by molar-refractivity contribution is 5.93. The zero-order valence-corrected chi connectivity index (χ0v) is 6.88. The van der Waals surface area contributed by atoms with E-state index in [9.17, 15) is 0 Å². The van der Waals surface area contributed by atoms with E-state index in [1.54, 1.807) is 24.5 Å². The van der Waals surface area contributed by atoms with E-state index < -0.39 is 0 Å². The lowest BCUT2D eigenvalue weighted by Crippen LogP contribution is -2.26. The molecule has 1 aromatic rings. The van der Waals surface area contributed by atoms with Crippen LogP contribution in [0.15, 0.2) is 34.5 Å². The topological polar surface area (TPSA) is 116 Å². The molecule has 0 bridgehead atoms. The second-order valence-electron chi connectivity index (χ2n) is 2.22. The Morgan fingerprint density at radius 3 is 2.62 bits per heavy atom. The number of pyridine rings is 1. The predicted octanol–water partition coefficient (Wildman–Crippen LogP) is -0.699. The number of aliphatic imine (C=N–C) groups is 2. The van der Waals surface area contributed by atoms with E-state index in [2.05, 4.69) is 15.0 Å². The van der Waals surface area contributed by atoms with Crippen LogP contribution in [0.25, 0.3) is 0 Å². The van der Waals surface area contributed by atoms with Gasteiger partial charge in [-0.05, 0) is 12.1 Å². The van der Waals surface area contributed by atoms with Crippen molar-refractivity contribution >= 4 is 17.6 Å². The fraction of sp³-hybridized carbons (Fsp3) is 0. The van der Waals surface area contributed by atoms with E-state index in [1.807, 2.05) is 0 Å². The first-order chi connectivity index (χ1) is 6.18. The summed E-state index contributed by atoms with van der Waals surface area (Å²) in [5, 5.41) is 0. The normalized spacial score (nSPS) is 10.9. The van der Waals surface area contributed by atoms with Crippen molar-refractivity contribution in [2.24, 2.45) is 27.2 Å². The van der Waals surface area contributed by atoms with Crippen LogP contribution in [-0.2, 0) is 0 Å². The largest absolute Gasteiger partial charge is 0.370 e. The molecule has 0 amide bonds. The third-order valence-corrected chi connectivity index (χ3v) is 1.13. The summed E-state index contributed by atoms with van der Waals surface area (Å²) in [5.74, 6) is -0.113. The van der Waals surface area contributed by atoms with Gasteiger partial charge in [0.15, 0.2) is 5.96 Å². The van der Waals surface area contributed by atoms with Gasteiger partial charge in [-0.25, -0.2) is 4.99 Å². The fourth-order valence-corrected chi connectivity index (χ4v) is 0.709. The number of nitrogens with zero attached hydrogens (tertiary/aromatic N) is 3. The Labute approximate surface area is 75.2 Å². The highest BCUT2D eigenvalue weighted by Crippen LogP contribution is 2.06. The average molecular weight is 178 g/mol. The van der Waals surface area contributed by atoms with Crippen LogP contribution in [0.3, 0.4) is 0 Å². The van der Waals surface area contributed by atoms with Crippen molar-refractivity contribution in [3.05, 3.63) is 24.5 Å². The van der Waals surface area contributed by atoms with Crippen LogP contribution in [0, 0.1) is 0 Å². The van der Waals surface area contributed by atoms with Crippen LogP contribution in [-0.4, -0.2) is 16.9 Å². The molecule has 0 aliphatic rings.